The molecule has 1 aromatic carbocycles. The van der Waals surface area contributed by atoms with E-state index in [0.717, 1.165) is 29.7 Å². The second kappa shape index (κ2) is 5.90. The van der Waals surface area contributed by atoms with E-state index in [2.05, 4.69) is 13.8 Å². The Kier molecular flexibility index (Phi) is 4.81. The van der Waals surface area contributed by atoms with Gasteiger partial charge in [-0.25, -0.2) is 0 Å². The Balaban J connectivity index is 2.82. The molecule has 0 spiro atoms. The third-order valence-electron chi connectivity index (χ3n) is 2.89. The fraction of sp³-hybridized carbons (Fsp3) is 0.571. The van der Waals surface area contributed by atoms with E-state index in [9.17, 15) is 5.11 Å². The zero-order valence-corrected chi connectivity index (χ0v) is 10.7. The van der Waals surface area contributed by atoms with Crippen LogP contribution in [-0.2, 0) is 0 Å². The number of ether oxygens (including phenoxy) is 1. The van der Waals surface area contributed by atoms with E-state index in [1.54, 1.807) is 6.92 Å². The number of aryl methyl sites for hydroxylation is 1. The van der Waals surface area contributed by atoms with Crippen molar-refractivity contribution in [3.8, 4) is 5.75 Å². The Morgan fingerprint density at radius 1 is 1.25 bits per heavy atom. The molecule has 1 rings (SSSR count). The molecule has 1 N–H and O–H groups in total. The van der Waals surface area contributed by atoms with Crippen LogP contribution in [-0.4, -0.2) is 11.2 Å². The Bertz CT molecular complexity index is 328. The largest absolute Gasteiger partial charge is 0.490 e. The van der Waals surface area contributed by atoms with Gasteiger partial charge in [0.15, 0.2) is 0 Å². The van der Waals surface area contributed by atoms with Gasteiger partial charge < -0.3 is 9.84 Å². The molecule has 0 radical (unpaired) electrons. The quantitative estimate of drug-likeness (QED) is 0.824. The second-order valence-corrected chi connectivity index (χ2v) is 4.26. The third-order valence-corrected chi connectivity index (χ3v) is 2.89. The number of rotatable bonds is 5. The van der Waals surface area contributed by atoms with Crippen LogP contribution in [0.25, 0.3) is 0 Å². The van der Waals surface area contributed by atoms with Gasteiger partial charge in [-0.3, -0.25) is 0 Å². The van der Waals surface area contributed by atoms with Crippen molar-refractivity contribution < 1.29 is 9.84 Å². The minimum atomic E-state index is -0.416. The maximum Gasteiger partial charge on any atom is 0.122 e. The predicted octanol–water partition coefficient (Wildman–Crippen LogP) is 3.62. The minimum absolute atomic E-state index is 0.288. The van der Waals surface area contributed by atoms with Crippen LogP contribution < -0.4 is 4.74 Å². The molecule has 0 heterocycles. The van der Waals surface area contributed by atoms with Crippen LogP contribution in [0.4, 0.5) is 0 Å². The first-order valence-electron chi connectivity index (χ1n) is 6.03. The average Bonchev–Trinajstić information content (AvgIpc) is 2.27. The summed E-state index contributed by atoms with van der Waals surface area (Å²) in [6.07, 6.45) is 1.92. The number of aliphatic hydroxyl groups is 1. The summed E-state index contributed by atoms with van der Waals surface area (Å²) in [6.45, 7) is 8.06. The number of hydrogen-bond donors (Lipinski definition) is 1. The molecule has 1 atom stereocenters. The van der Waals surface area contributed by atoms with Gasteiger partial charge in [0.1, 0.15) is 5.75 Å². The van der Waals surface area contributed by atoms with E-state index < -0.39 is 6.10 Å². The molecular formula is C14H22O2. The van der Waals surface area contributed by atoms with Crippen LogP contribution in [0.3, 0.4) is 0 Å². The van der Waals surface area contributed by atoms with Crippen molar-refractivity contribution in [2.45, 2.75) is 52.7 Å². The van der Waals surface area contributed by atoms with E-state index in [-0.39, 0.29) is 6.10 Å². The Hall–Kier alpha value is -1.02. The van der Waals surface area contributed by atoms with Crippen LogP contribution in [0.1, 0.15) is 50.8 Å². The Morgan fingerprint density at radius 2 is 1.88 bits per heavy atom. The van der Waals surface area contributed by atoms with Crippen LogP contribution in [0.15, 0.2) is 18.2 Å². The highest BCUT2D eigenvalue weighted by Gasteiger charge is 2.09. The van der Waals surface area contributed by atoms with Gasteiger partial charge in [0.25, 0.3) is 0 Å². The molecule has 0 aliphatic carbocycles. The summed E-state index contributed by atoms with van der Waals surface area (Å²) in [5.74, 6) is 0.929. The summed E-state index contributed by atoms with van der Waals surface area (Å²) in [4.78, 5) is 0. The summed E-state index contributed by atoms with van der Waals surface area (Å²) in [6, 6.07) is 5.87. The Morgan fingerprint density at radius 3 is 2.31 bits per heavy atom. The molecule has 0 unspecified atom stereocenters. The first kappa shape index (κ1) is 13.0. The maximum absolute atomic E-state index is 9.47. The van der Waals surface area contributed by atoms with Gasteiger partial charge in [0.2, 0.25) is 0 Å². The first-order chi connectivity index (χ1) is 7.58. The van der Waals surface area contributed by atoms with Gasteiger partial charge >= 0.3 is 0 Å². The average molecular weight is 222 g/mol. The lowest BCUT2D eigenvalue weighted by molar-refractivity contribution is 0.189. The fourth-order valence-electron chi connectivity index (χ4n) is 1.70. The molecule has 16 heavy (non-hydrogen) atoms. The molecule has 90 valence electrons. The van der Waals surface area contributed by atoms with Crippen molar-refractivity contribution in [2.75, 3.05) is 0 Å². The molecule has 0 aromatic heterocycles. The minimum Gasteiger partial charge on any atom is -0.490 e. The molecule has 1 aromatic rings. The lowest BCUT2D eigenvalue weighted by Gasteiger charge is -2.18. The topological polar surface area (TPSA) is 29.5 Å². The molecule has 0 saturated carbocycles. The van der Waals surface area contributed by atoms with Crippen LogP contribution in [0.5, 0.6) is 5.75 Å². The van der Waals surface area contributed by atoms with Gasteiger partial charge in [-0.1, -0.05) is 19.9 Å². The van der Waals surface area contributed by atoms with Crippen LogP contribution in [0, 0.1) is 6.92 Å². The highest BCUT2D eigenvalue weighted by molar-refractivity contribution is 5.37. The molecule has 0 amide bonds. The van der Waals surface area contributed by atoms with Crippen molar-refractivity contribution in [1.82, 2.24) is 0 Å². The van der Waals surface area contributed by atoms with Gasteiger partial charge in [0, 0.05) is 0 Å². The lowest BCUT2D eigenvalue weighted by atomic mass is 10.1. The number of benzene rings is 1. The molecule has 0 aliphatic heterocycles. The fourth-order valence-corrected chi connectivity index (χ4v) is 1.70. The van der Waals surface area contributed by atoms with Gasteiger partial charge in [-0.15, -0.1) is 0 Å². The highest BCUT2D eigenvalue weighted by Crippen LogP contribution is 2.24. The molecule has 2 nitrogen and oxygen atoms in total. The summed E-state index contributed by atoms with van der Waals surface area (Å²) < 4.78 is 5.90. The van der Waals surface area contributed by atoms with Crippen molar-refractivity contribution in [1.29, 1.82) is 0 Å². The zero-order valence-electron chi connectivity index (χ0n) is 10.7. The summed E-state index contributed by atoms with van der Waals surface area (Å²) in [7, 11) is 0. The van der Waals surface area contributed by atoms with Gasteiger partial charge in [-0.05, 0) is 49.9 Å². The van der Waals surface area contributed by atoms with Crippen LogP contribution in [0.2, 0.25) is 0 Å². The van der Waals surface area contributed by atoms with Crippen molar-refractivity contribution in [2.24, 2.45) is 0 Å². The van der Waals surface area contributed by atoms with Crippen molar-refractivity contribution in [3.63, 3.8) is 0 Å². The third kappa shape index (κ3) is 3.24. The van der Waals surface area contributed by atoms with E-state index >= 15 is 0 Å². The monoisotopic (exact) mass is 222 g/mol. The smallest absolute Gasteiger partial charge is 0.122 e. The number of hydrogen-bond acceptors (Lipinski definition) is 2. The van der Waals surface area contributed by atoms with E-state index in [1.807, 2.05) is 25.1 Å². The molecule has 2 heteroatoms. The standard InChI is InChI=1S/C14H22O2/c1-5-13(6-2)16-14-8-7-12(11(4)15)9-10(14)3/h7-9,11,13,15H,5-6H2,1-4H3/t11-/m0/s1. The summed E-state index contributed by atoms with van der Waals surface area (Å²) in [5.41, 5.74) is 2.03. The van der Waals surface area contributed by atoms with Crippen LogP contribution >= 0.6 is 0 Å². The van der Waals surface area contributed by atoms with Crippen molar-refractivity contribution >= 4 is 0 Å². The van der Waals surface area contributed by atoms with E-state index in [4.69, 9.17) is 4.74 Å². The van der Waals surface area contributed by atoms with Gasteiger partial charge in [-0.2, -0.15) is 0 Å². The molecule has 0 bridgehead atoms. The SMILES string of the molecule is CCC(CC)Oc1ccc([C@H](C)O)cc1C. The molecule has 0 saturated heterocycles. The lowest BCUT2D eigenvalue weighted by Crippen LogP contribution is -2.14. The van der Waals surface area contributed by atoms with Gasteiger partial charge in [0.05, 0.1) is 12.2 Å². The maximum atomic E-state index is 9.47. The van der Waals surface area contributed by atoms with E-state index in [0.29, 0.717) is 0 Å². The van der Waals surface area contributed by atoms with Crippen molar-refractivity contribution in [3.05, 3.63) is 29.3 Å². The normalized spacial score (nSPS) is 12.9. The molecule has 0 aliphatic rings. The van der Waals surface area contributed by atoms with E-state index in [1.165, 1.54) is 0 Å². The second-order valence-electron chi connectivity index (χ2n) is 4.26. The molecular weight excluding hydrogens is 200 g/mol. The first-order valence-corrected chi connectivity index (χ1v) is 6.03. The highest BCUT2D eigenvalue weighted by atomic mass is 16.5. The number of aliphatic hydroxyl groups excluding tert-OH is 1. The summed E-state index contributed by atoms with van der Waals surface area (Å²) >= 11 is 0. The predicted molar refractivity (Wildman–Crippen MR) is 66.8 cm³/mol. The Labute approximate surface area is 98.3 Å². The molecule has 0 fully saturated rings. The zero-order chi connectivity index (χ0) is 12.1. The summed E-state index contributed by atoms with van der Waals surface area (Å²) in [5, 5.41) is 9.47.